The Morgan fingerprint density at radius 3 is 2.17 bits per heavy atom. The van der Waals surface area contributed by atoms with Crippen LogP contribution in [0.1, 0.15) is 0 Å². The summed E-state index contributed by atoms with van der Waals surface area (Å²) in [5.74, 6) is 0.285. The second-order valence-corrected chi connectivity index (χ2v) is 4.27. The number of phenols is 1. The van der Waals surface area contributed by atoms with E-state index >= 15 is 0 Å². The largest absolute Gasteiger partial charge is 0.507 e. The van der Waals surface area contributed by atoms with Crippen LogP contribution in [0.5, 0.6) is 5.75 Å². The number of phenolic OH excluding ortho intramolecular Hbond substituents is 1. The number of hydrogen-bond donors (Lipinski definition) is 2. The van der Waals surface area contributed by atoms with Crippen molar-refractivity contribution in [3.05, 3.63) is 60.7 Å². The van der Waals surface area contributed by atoms with E-state index in [1.54, 1.807) is 6.07 Å². The van der Waals surface area contributed by atoms with Gasteiger partial charge in [0.05, 0.1) is 0 Å². The summed E-state index contributed by atoms with van der Waals surface area (Å²) in [6, 6.07) is 19.1. The quantitative estimate of drug-likeness (QED) is 0.630. The van der Waals surface area contributed by atoms with Gasteiger partial charge in [0.2, 0.25) is 0 Å². The van der Waals surface area contributed by atoms with Crippen molar-refractivity contribution >= 4 is 16.5 Å². The molecule has 0 radical (unpaired) electrons. The van der Waals surface area contributed by atoms with Gasteiger partial charge in [-0.3, -0.25) is 0 Å². The zero-order valence-electron chi connectivity index (χ0n) is 9.80. The van der Waals surface area contributed by atoms with Gasteiger partial charge in [0.1, 0.15) is 5.75 Å². The number of para-hydroxylation sites is 1. The topological polar surface area (TPSA) is 46.2 Å². The van der Waals surface area contributed by atoms with Gasteiger partial charge in [-0.1, -0.05) is 48.5 Å². The number of aromatic hydroxyl groups is 1. The predicted octanol–water partition coefficient (Wildman–Crippen LogP) is 3.79. The van der Waals surface area contributed by atoms with E-state index in [1.807, 2.05) is 54.6 Å². The van der Waals surface area contributed by atoms with Crippen LogP contribution in [0.4, 0.5) is 5.69 Å². The summed E-state index contributed by atoms with van der Waals surface area (Å²) in [5.41, 5.74) is 8.56. The lowest BCUT2D eigenvalue weighted by Gasteiger charge is -2.09. The SMILES string of the molecule is Nc1cccc2c(-c3ccccc3O)cccc12. The number of fused-ring (bicyclic) bond motifs is 1. The first-order chi connectivity index (χ1) is 8.77. The molecule has 0 atom stereocenters. The van der Waals surface area contributed by atoms with Gasteiger partial charge in [0, 0.05) is 16.6 Å². The van der Waals surface area contributed by atoms with Crippen LogP contribution in [0.15, 0.2) is 60.7 Å². The molecule has 3 N–H and O–H groups in total. The van der Waals surface area contributed by atoms with Gasteiger partial charge >= 0.3 is 0 Å². The van der Waals surface area contributed by atoms with Crippen molar-refractivity contribution in [1.82, 2.24) is 0 Å². The zero-order chi connectivity index (χ0) is 12.5. The minimum absolute atomic E-state index is 0.285. The molecular weight excluding hydrogens is 222 g/mol. The zero-order valence-corrected chi connectivity index (χ0v) is 9.80. The summed E-state index contributed by atoms with van der Waals surface area (Å²) in [6.45, 7) is 0. The molecule has 0 amide bonds. The van der Waals surface area contributed by atoms with Crippen LogP contribution < -0.4 is 5.73 Å². The average Bonchev–Trinajstić information content (AvgIpc) is 2.40. The van der Waals surface area contributed by atoms with E-state index in [9.17, 15) is 5.11 Å². The van der Waals surface area contributed by atoms with Crippen molar-refractivity contribution in [1.29, 1.82) is 0 Å². The highest BCUT2D eigenvalue weighted by atomic mass is 16.3. The first-order valence-electron chi connectivity index (χ1n) is 5.83. The van der Waals surface area contributed by atoms with Crippen molar-refractivity contribution in [2.45, 2.75) is 0 Å². The van der Waals surface area contributed by atoms with Gasteiger partial charge in [-0.25, -0.2) is 0 Å². The van der Waals surface area contributed by atoms with Gasteiger partial charge in [0.25, 0.3) is 0 Å². The standard InChI is InChI=1S/C16H13NO/c17-15-9-4-7-11-12(6-3-8-13(11)15)14-5-1-2-10-16(14)18/h1-10,18H,17H2. The van der Waals surface area contributed by atoms with Crippen molar-refractivity contribution in [3.8, 4) is 16.9 Å². The molecule has 0 fully saturated rings. The molecule has 0 saturated heterocycles. The first kappa shape index (κ1) is 10.7. The highest BCUT2D eigenvalue weighted by Gasteiger charge is 2.08. The van der Waals surface area contributed by atoms with Gasteiger partial charge in [-0.2, -0.15) is 0 Å². The Hall–Kier alpha value is -2.48. The highest BCUT2D eigenvalue weighted by molar-refractivity contribution is 6.03. The Bertz CT molecular complexity index is 719. The maximum atomic E-state index is 9.96. The van der Waals surface area contributed by atoms with E-state index in [0.29, 0.717) is 0 Å². The van der Waals surface area contributed by atoms with Gasteiger partial charge in [0.15, 0.2) is 0 Å². The summed E-state index contributed by atoms with van der Waals surface area (Å²) in [6.07, 6.45) is 0. The molecule has 0 heterocycles. The number of hydrogen-bond acceptors (Lipinski definition) is 2. The van der Waals surface area contributed by atoms with Crippen LogP contribution >= 0.6 is 0 Å². The third-order valence-electron chi connectivity index (χ3n) is 3.15. The lowest BCUT2D eigenvalue weighted by Crippen LogP contribution is -1.88. The first-order valence-corrected chi connectivity index (χ1v) is 5.83. The maximum absolute atomic E-state index is 9.96. The smallest absolute Gasteiger partial charge is 0.123 e. The Labute approximate surface area is 105 Å². The minimum atomic E-state index is 0.285. The van der Waals surface area contributed by atoms with Crippen LogP contribution in [0.25, 0.3) is 21.9 Å². The third-order valence-corrected chi connectivity index (χ3v) is 3.15. The molecule has 0 bridgehead atoms. The number of anilines is 1. The molecule has 0 aliphatic heterocycles. The molecule has 0 aliphatic carbocycles. The Morgan fingerprint density at radius 2 is 1.33 bits per heavy atom. The molecule has 0 saturated carbocycles. The van der Waals surface area contributed by atoms with Gasteiger partial charge < -0.3 is 10.8 Å². The fourth-order valence-electron chi connectivity index (χ4n) is 2.27. The Balaban J connectivity index is 2.37. The number of nitrogen functional groups attached to an aromatic ring is 1. The summed E-state index contributed by atoms with van der Waals surface area (Å²) in [4.78, 5) is 0. The Kier molecular flexibility index (Phi) is 2.41. The molecule has 0 aliphatic rings. The molecule has 2 nitrogen and oxygen atoms in total. The lowest BCUT2D eigenvalue weighted by atomic mass is 9.97. The summed E-state index contributed by atoms with van der Waals surface area (Å²) in [5, 5.41) is 12.0. The van der Waals surface area contributed by atoms with Gasteiger partial charge in [-0.05, 0) is 23.1 Å². The molecular formula is C16H13NO. The van der Waals surface area contributed by atoms with Crippen LogP contribution in [-0.2, 0) is 0 Å². The second-order valence-electron chi connectivity index (χ2n) is 4.27. The van der Waals surface area contributed by atoms with E-state index in [1.165, 1.54) is 0 Å². The van der Waals surface area contributed by atoms with Gasteiger partial charge in [-0.15, -0.1) is 0 Å². The predicted molar refractivity (Wildman–Crippen MR) is 75.5 cm³/mol. The molecule has 2 heteroatoms. The molecule has 18 heavy (non-hydrogen) atoms. The van der Waals surface area contributed by atoms with E-state index in [4.69, 9.17) is 5.73 Å². The minimum Gasteiger partial charge on any atom is -0.507 e. The Morgan fingerprint density at radius 1 is 0.667 bits per heavy atom. The van der Waals surface area contributed by atoms with E-state index in [-0.39, 0.29) is 5.75 Å². The monoisotopic (exact) mass is 235 g/mol. The molecule has 0 spiro atoms. The number of benzene rings is 3. The van der Waals surface area contributed by atoms with Crippen molar-refractivity contribution in [2.24, 2.45) is 0 Å². The van der Waals surface area contributed by atoms with Crippen molar-refractivity contribution < 1.29 is 5.11 Å². The van der Waals surface area contributed by atoms with Crippen LogP contribution in [0.2, 0.25) is 0 Å². The van der Waals surface area contributed by atoms with Crippen LogP contribution in [-0.4, -0.2) is 5.11 Å². The third kappa shape index (κ3) is 1.59. The molecule has 3 aromatic rings. The number of rotatable bonds is 1. The fourth-order valence-corrected chi connectivity index (χ4v) is 2.27. The summed E-state index contributed by atoms with van der Waals surface area (Å²) >= 11 is 0. The molecule has 0 aromatic heterocycles. The average molecular weight is 235 g/mol. The summed E-state index contributed by atoms with van der Waals surface area (Å²) in [7, 11) is 0. The van der Waals surface area contributed by atoms with Crippen molar-refractivity contribution in [2.75, 3.05) is 5.73 Å². The van der Waals surface area contributed by atoms with Crippen molar-refractivity contribution in [3.63, 3.8) is 0 Å². The van der Waals surface area contributed by atoms with Crippen LogP contribution in [0, 0.1) is 0 Å². The normalized spacial score (nSPS) is 10.7. The van der Waals surface area contributed by atoms with Crippen LogP contribution in [0.3, 0.4) is 0 Å². The summed E-state index contributed by atoms with van der Waals surface area (Å²) < 4.78 is 0. The van der Waals surface area contributed by atoms with E-state index in [0.717, 1.165) is 27.6 Å². The van der Waals surface area contributed by atoms with E-state index < -0.39 is 0 Å². The maximum Gasteiger partial charge on any atom is 0.123 e. The number of nitrogens with two attached hydrogens (primary N) is 1. The molecule has 3 rings (SSSR count). The fraction of sp³-hybridized carbons (Fsp3) is 0. The van der Waals surface area contributed by atoms with E-state index in [2.05, 4.69) is 0 Å². The second kappa shape index (κ2) is 4.08. The molecule has 0 unspecified atom stereocenters. The molecule has 3 aromatic carbocycles. The lowest BCUT2D eigenvalue weighted by molar-refractivity contribution is 0.477. The molecule has 88 valence electrons. The highest BCUT2D eigenvalue weighted by Crippen LogP contribution is 2.35.